The molecule has 7 rings (SSSR count). The van der Waals surface area contributed by atoms with E-state index in [2.05, 4.69) is 75.3 Å². The maximum atomic E-state index is 13.9. The number of nitroso groups, excluding NO2 is 1. The summed E-state index contributed by atoms with van der Waals surface area (Å²) < 4.78 is 59.1. The van der Waals surface area contributed by atoms with Crippen molar-refractivity contribution < 1.29 is 31.5 Å². The first-order chi connectivity index (χ1) is 30.7. The topological polar surface area (TPSA) is 157 Å². The number of nitriles is 1. The summed E-state index contributed by atoms with van der Waals surface area (Å²) in [6.07, 6.45) is 3.02. The van der Waals surface area contributed by atoms with Crippen molar-refractivity contribution in [3.63, 3.8) is 0 Å². The Morgan fingerprint density at radius 3 is 1.82 bits per heavy atom. The summed E-state index contributed by atoms with van der Waals surface area (Å²) in [4.78, 5) is 28.6. The Labute approximate surface area is 397 Å². The molecule has 3 saturated heterocycles. The number of hydrogen-bond donors (Lipinski definition) is 2. The summed E-state index contributed by atoms with van der Waals surface area (Å²) in [5, 5.41) is 15.9. The summed E-state index contributed by atoms with van der Waals surface area (Å²) in [7, 11) is 0.0903. The van der Waals surface area contributed by atoms with E-state index in [9.17, 15) is 27.3 Å². The summed E-state index contributed by atoms with van der Waals surface area (Å²) in [6, 6.07) is 31.4. The van der Waals surface area contributed by atoms with Gasteiger partial charge in [-0.15, -0.1) is 4.91 Å². The van der Waals surface area contributed by atoms with Gasteiger partial charge in [0.15, 0.2) is 0 Å². The van der Waals surface area contributed by atoms with Crippen LogP contribution < -0.4 is 25.0 Å². The predicted octanol–water partition coefficient (Wildman–Crippen LogP) is 10.7. The van der Waals surface area contributed by atoms with E-state index in [4.69, 9.17) is 26.6 Å². The number of hydrogen-bond acceptors (Lipinski definition) is 11. The number of amides is 2. The minimum absolute atomic E-state index is 0. The Kier molecular flexibility index (Phi) is 19.0. The van der Waals surface area contributed by atoms with E-state index in [1.807, 2.05) is 52.0 Å². The molecule has 13 nitrogen and oxygen atoms in total. The number of rotatable bonds is 12. The van der Waals surface area contributed by atoms with Crippen LogP contribution in [0.5, 0.6) is 11.5 Å². The second kappa shape index (κ2) is 23.5. The third-order valence-electron chi connectivity index (χ3n) is 11.3. The number of likely N-dealkylation sites (tertiary alicyclic amines) is 2. The van der Waals surface area contributed by atoms with Gasteiger partial charge in [0.2, 0.25) is 0 Å². The molecule has 0 bridgehead atoms. The highest BCUT2D eigenvalue weighted by molar-refractivity contribution is 8.12. The third-order valence-corrected chi connectivity index (χ3v) is 12.2. The molecule has 0 radical (unpaired) electrons. The zero-order chi connectivity index (χ0) is 47.5. The Morgan fingerprint density at radius 1 is 0.848 bits per heavy atom. The predicted molar refractivity (Wildman–Crippen MR) is 261 cm³/mol. The Morgan fingerprint density at radius 2 is 1.35 bits per heavy atom. The molecule has 4 aromatic carbocycles. The number of halogens is 3. The highest BCUT2D eigenvalue weighted by atomic mass is 35.7. The minimum atomic E-state index is -4.12. The van der Waals surface area contributed by atoms with Crippen LogP contribution in [0, 0.1) is 27.9 Å². The molecule has 3 heterocycles. The fourth-order valence-electron chi connectivity index (χ4n) is 8.52. The van der Waals surface area contributed by atoms with Gasteiger partial charge in [-0.3, -0.25) is 20.0 Å². The number of urea groups is 1. The van der Waals surface area contributed by atoms with Gasteiger partial charge in [0.05, 0.1) is 22.9 Å². The van der Waals surface area contributed by atoms with Crippen molar-refractivity contribution in [2.75, 3.05) is 23.3 Å². The lowest BCUT2D eigenvalue weighted by Crippen LogP contribution is -2.58. The lowest BCUT2D eigenvalue weighted by molar-refractivity contribution is 0.124. The van der Waals surface area contributed by atoms with Gasteiger partial charge in [0.25, 0.3) is 0 Å². The van der Waals surface area contributed by atoms with Crippen molar-refractivity contribution in [3.8, 4) is 17.6 Å². The van der Waals surface area contributed by atoms with Crippen LogP contribution in [0.25, 0.3) is 0 Å². The van der Waals surface area contributed by atoms with Gasteiger partial charge in [0, 0.05) is 60.3 Å². The molecule has 0 unspecified atom stereocenters. The average Bonchev–Trinajstić information content (AvgIpc) is 3.47. The number of thiocarbonyl (C=S) groups is 1. The van der Waals surface area contributed by atoms with Crippen LogP contribution >= 0.6 is 22.9 Å². The largest absolute Gasteiger partial charge is 0.491 e. The first kappa shape index (κ1) is 53.4. The van der Waals surface area contributed by atoms with Crippen molar-refractivity contribution >= 4 is 54.5 Å². The quantitative estimate of drug-likeness (QED) is 0.0791. The lowest BCUT2D eigenvalue weighted by atomic mass is 9.82. The van der Waals surface area contributed by atoms with Crippen LogP contribution in [0.15, 0.2) is 102 Å². The molecular formula is C48H60ClF2N7O6S2. The van der Waals surface area contributed by atoms with Crippen molar-refractivity contribution in [3.05, 3.63) is 125 Å². The van der Waals surface area contributed by atoms with E-state index in [1.165, 1.54) is 40.0 Å². The molecule has 0 saturated carbocycles. The molecule has 18 heteroatoms. The average molecular weight is 969 g/mol. The molecule has 2 N–H and O–H groups in total. The number of ether oxygens (including phenoxy) is 2. The lowest BCUT2D eigenvalue weighted by Gasteiger charge is -2.46. The Balaban J connectivity index is 0.000000255. The van der Waals surface area contributed by atoms with Crippen molar-refractivity contribution in [2.24, 2.45) is 4.58 Å². The Hall–Kier alpha value is -5.25. The molecular weight excluding hydrogens is 908 g/mol. The highest BCUT2D eigenvalue weighted by Gasteiger charge is 2.53. The van der Waals surface area contributed by atoms with Crippen LogP contribution in [0.3, 0.4) is 0 Å². The molecule has 3 fully saturated rings. The van der Waals surface area contributed by atoms with Crippen LogP contribution in [0.1, 0.15) is 85.8 Å². The standard InChI is InChI=1S/C24H28FN3O2S.C23H28FN3O.CH4.ClNO3S/c1-16(2)30-21-9-4-6-18(12-21)15-27-11-10-24(14-17(27)3)22(31)26-23(29)28(24)20-8-5-7-19(25)13-20;1-17(2)28-22-9-4-6-19(12-22)15-27-11-10-23(16-25,14-18(27)3)26-21-8-5-7-20(24)13-21;;1-6(4,5)2-3/h4-9,12-13,16-17H,10-11,14-15H2,1-3H3,(H,26,29,31);4-9,12-13,17-18,26H,10-11,14-15H2,1-3H3;1H4;/t17-,24+;18-,23+;;/m00../s1. The zero-order valence-corrected chi connectivity index (χ0v) is 39.7. The molecule has 2 amide bonds. The second-order valence-corrected chi connectivity index (χ2v) is 19.6. The van der Waals surface area contributed by atoms with Gasteiger partial charge >= 0.3 is 15.3 Å². The van der Waals surface area contributed by atoms with E-state index < -0.39 is 20.3 Å². The first-order valence-electron chi connectivity index (χ1n) is 21.4. The molecule has 66 heavy (non-hydrogen) atoms. The van der Waals surface area contributed by atoms with E-state index in [0.717, 1.165) is 37.7 Å². The third kappa shape index (κ3) is 14.6. The van der Waals surface area contributed by atoms with Crippen molar-refractivity contribution in [1.82, 2.24) is 15.1 Å². The summed E-state index contributed by atoms with van der Waals surface area (Å²) in [5.41, 5.74) is 2.28. The maximum Gasteiger partial charge on any atom is 0.374 e. The van der Waals surface area contributed by atoms with Gasteiger partial charge < -0.3 is 14.8 Å². The molecule has 356 valence electrons. The number of anilines is 2. The number of nitrogens with one attached hydrogen (secondary N) is 2. The van der Waals surface area contributed by atoms with Gasteiger partial charge in [-0.05, 0) is 139 Å². The fraction of sp³-hybridized carbons (Fsp3) is 0.438. The van der Waals surface area contributed by atoms with Crippen LogP contribution in [-0.4, -0.2) is 77.7 Å². The van der Waals surface area contributed by atoms with Crippen LogP contribution in [-0.2, 0) is 22.3 Å². The first-order valence-corrected chi connectivity index (χ1v) is 24.1. The summed E-state index contributed by atoms with van der Waals surface area (Å²) in [6.45, 7) is 15.6. The summed E-state index contributed by atoms with van der Waals surface area (Å²) >= 11 is 5.61. The molecule has 0 aliphatic carbocycles. The monoisotopic (exact) mass is 967 g/mol. The second-order valence-electron chi connectivity index (χ2n) is 17.1. The number of piperidine rings is 2. The highest BCUT2D eigenvalue weighted by Crippen LogP contribution is 2.41. The summed E-state index contributed by atoms with van der Waals surface area (Å²) in [5.74, 6) is 1.09. The molecule has 3 aliphatic rings. The number of carbonyl (C=O) groups excluding carboxylic acids is 1. The fourth-order valence-corrected chi connectivity index (χ4v) is 8.88. The molecule has 0 aromatic heterocycles. The normalized spacial score (nSPS) is 21.9. The van der Waals surface area contributed by atoms with Crippen LogP contribution in [0.4, 0.5) is 25.0 Å². The van der Waals surface area contributed by atoms with E-state index >= 15 is 0 Å². The Bertz CT molecular complexity index is 2450. The molecule has 4 atom stereocenters. The van der Waals surface area contributed by atoms with E-state index in [-0.39, 0.29) is 49.4 Å². The zero-order valence-electron chi connectivity index (χ0n) is 37.3. The van der Waals surface area contributed by atoms with Crippen LogP contribution in [0.2, 0.25) is 0 Å². The van der Waals surface area contributed by atoms with E-state index in [0.29, 0.717) is 42.0 Å². The molecule has 3 aliphatic heterocycles. The van der Waals surface area contributed by atoms with Gasteiger partial charge in [-0.1, -0.05) is 56.0 Å². The SMILES string of the molecule is C.CC(C)Oc1cccc(CN2CC[C@@](C#N)(Nc3cccc(F)c3)C[C@@H]2C)c1.CC(C)Oc1cccc(CN2CC[C@@]3(C[C@@H]2C)C(=S)NC(=O)N3c2cccc(F)c2)c1.O=NS(=O)(=O)Cl. The van der Waals surface area contributed by atoms with E-state index in [1.54, 1.807) is 29.2 Å². The number of carbonyl (C=O) groups is 1. The number of benzene rings is 4. The smallest absolute Gasteiger partial charge is 0.374 e. The number of nitrogens with zero attached hydrogens (tertiary/aromatic N) is 5. The van der Waals surface area contributed by atoms with Gasteiger partial charge in [-0.25, -0.2) is 13.6 Å². The van der Waals surface area contributed by atoms with Crippen molar-refractivity contribution in [2.45, 2.75) is 123 Å². The van der Waals surface area contributed by atoms with Crippen molar-refractivity contribution in [1.29, 1.82) is 5.26 Å². The molecule has 1 spiro atoms. The molecule has 4 aromatic rings. The minimum Gasteiger partial charge on any atom is -0.491 e. The van der Waals surface area contributed by atoms with Gasteiger partial charge in [-0.2, -0.15) is 13.7 Å². The maximum absolute atomic E-state index is 13.9. The van der Waals surface area contributed by atoms with Gasteiger partial charge in [0.1, 0.15) is 39.2 Å².